The number of halogens is 1. The van der Waals surface area contributed by atoms with E-state index in [2.05, 4.69) is 21.4 Å². The third kappa shape index (κ3) is 6.10. The number of fused-ring (bicyclic) bond motifs is 1. The van der Waals surface area contributed by atoms with E-state index < -0.39 is 5.91 Å². The fourth-order valence-corrected chi connectivity index (χ4v) is 5.83. The number of aliphatic hydroxyl groups excluding tert-OH is 1. The highest BCUT2D eigenvalue weighted by Gasteiger charge is 2.26. The van der Waals surface area contributed by atoms with Gasteiger partial charge in [-0.15, -0.1) is 0 Å². The number of rotatable bonds is 8. The largest absolute Gasteiger partial charge is 0.393 e. The van der Waals surface area contributed by atoms with Gasteiger partial charge in [0.25, 0.3) is 5.91 Å². The summed E-state index contributed by atoms with van der Waals surface area (Å²) < 4.78 is 7.16. The fourth-order valence-electron chi connectivity index (χ4n) is 5.70. The van der Waals surface area contributed by atoms with E-state index in [-0.39, 0.29) is 29.7 Å². The van der Waals surface area contributed by atoms with Crippen LogP contribution < -0.4 is 10.7 Å². The van der Waals surface area contributed by atoms with Crippen LogP contribution in [0.25, 0.3) is 10.9 Å². The van der Waals surface area contributed by atoms with E-state index in [1.54, 1.807) is 23.9 Å². The molecule has 1 amide bonds. The Balaban J connectivity index is 1.46. The molecule has 0 spiro atoms. The van der Waals surface area contributed by atoms with E-state index in [1.807, 2.05) is 18.2 Å². The molecule has 2 fully saturated rings. The molecule has 1 aliphatic heterocycles. The van der Waals surface area contributed by atoms with Gasteiger partial charge in [0.2, 0.25) is 5.43 Å². The molecule has 0 unspecified atom stereocenters. The Morgan fingerprint density at radius 2 is 1.92 bits per heavy atom. The third-order valence-electron chi connectivity index (χ3n) is 7.78. The molecule has 2 aromatic carbocycles. The van der Waals surface area contributed by atoms with Crippen LogP contribution in [0.15, 0.2) is 41.2 Å². The Hall–Kier alpha value is -2.78. The maximum absolute atomic E-state index is 13.7. The van der Waals surface area contributed by atoms with Crippen LogP contribution in [-0.4, -0.2) is 58.1 Å². The predicted octanol–water partition coefficient (Wildman–Crippen LogP) is 3.44. The number of aromatic nitrogens is 2. The third-order valence-corrected chi connectivity index (χ3v) is 8.03. The molecular formula is C29H35ClN4O4. The van der Waals surface area contributed by atoms with Crippen molar-refractivity contribution in [2.24, 2.45) is 13.0 Å². The van der Waals surface area contributed by atoms with Crippen molar-refractivity contribution in [3.05, 3.63) is 74.0 Å². The van der Waals surface area contributed by atoms with E-state index in [9.17, 15) is 14.7 Å². The molecular weight excluding hydrogens is 504 g/mol. The zero-order valence-corrected chi connectivity index (χ0v) is 22.5. The van der Waals surface area contributed by atoms with Crippen molar-refractivity contribution in [2.75, 3.05) is 26.3 Å². The topological polar surface area (TPSA) is 96.7 Å². The number of carbonyl (C=O) groups is 1. The minimum Gasteiger partial charge on any atom is -0.393 e. The number of hydrogen-bond donors (Lipinski definition) is 2. The Morgan fingerprint density at radius 3 is 2.63 bits per heavy atom. The van der Waals surface area contributed by atoms with Crippen LogP contribution in [-0.2, 0) is 31.3 Å². The maximum Gasteiger partial charge on any atom is 0.276 e. The minimum absolute atomic E-state index is 0.116. The number of ether oxygens (including phenoxy) is 1. The normalized spacial score (nSPS) is 20.2. The summed E-state index contributed by atoms with van der Waals surface area (Å²) in [5.74, 6) is -0.229. The van der Waals surface area contributed by atoms with Crippen molar-refractivity contribution >= 4 is 28.4 Å². The van der Waals surface area contributed by atoms with Crippen molar-refractivity contribution in [2.45, 2.75) is 51.3 Å². The van der Waals surface area contributed by atoms with Gasteiger partial charge in [-0.3, -0.25) is 19.2 Å². The van der Waals surface area contributed by atoms with E-state index in [0.717, 1.165) is 67.4 Å². The lowest BCUT2D eigenvalue weighted by Crippen LogP contribution is -2.35. The van der Waals surface area contributed by atoms with Crippen molar-refractivity contribution in [1.82, 2.24) is 20.0 Å². The Morgan fingerprint density at radius 1 is 1.16 bits per heavy atom. The molecule has 2 aliphatic rings. The predicted molar refractivity (Wildman–Crippen MR) is 147 cm³/mol. The monoisotopic (exact) mass is 538 g/mol. The molecule has 38 heavy (non-hydrogen) atoms. The lowest BCUT2D eigenvalue weighted by molar-refractivity contribution is 0.0342. The first-order chi connectivity index (χ1) is 18.4. The summed E-state index contributed by atoms with van der Waals surface area (Å²) in [5, 5.41) is 18.7. The first kappa shape index (κ1) is 26.8. The van der Waals surface area contributed by atoms with E-state index in [0.29, 0.717) is 30.2 Å². The standard InChI is InChI=1S/C29H35ClN4O4/c1-33-27-22(8-7-21-3-2-4-25(21)35)15-20(18-34-11-13-38-14-12-34)16-24(27)28(36)26(32-33)29(37)31-17-19-5-9-23(30)10-6-19/h5-6,9-10,15-16,21,25,35H,2-4,7-8,11-14,17-18H2,1H3,(H,31,37)/t21-,25+/m1/s1. The van der Waals surface area contributed by atoms with Gasteiger partial charge in [-0.1, -0.05) is 36.2 Å². The summed E-state index contributed by atoms with van der Waals surface area (Å²) in [6.07, 6.45) is 4.29. The molecule has 3 aromatic rings. The van der Waals surface area contributed by atoms with Crippen molar-refractivity contribution in [1.29, 1.82) is 0 Å². The lowest BCUT2D eigenvalue weighted by Gasteiger charge is -2.27. The molecule has 5 rings (SSSR count). The zero-order valence-electron chi connectivity index (χ0n) is 21.8. The second-order valence-electron chi connectivity index (χ2n) is 10.4. The van der Waals surface area contributed by atoms with E-state index in [4.69, 9.17) is 16.3 Å². The highest BCUT2D eigenvalue weighted by molar-refractivity contribution is 6.30. The van der Waals surface area contributed by atoms with Gasteiger partial charge < -0.3 is 15.2 Å². The summed E-state index contributed by atoms with van der Waals surface area (Å²) in [6, 6.07) is 11.3. The molecule has 1 aliphatic carbocycles. The number of nitrogens with zero attached hydrogens (tertiary/aromatic N) is 3. The van der Waals surface area contributed by atoms with Crippen molar-refractivity contribution in [3.63, 3.8) is 0 Å². The SMILES string of the molecule is Cn1nc(C(=O)NCc2ccc(Cl)cc2)c(=O)c2cc(CN3CCOCC3)cc(CC[C@H]3CCC[C@@H]3O)c21. The highest BCUT2D eigenvalue weighted by atomic mass is 35.5. The molecule has 0 bridgehead atoms. The Bertz CT molecular complexity index is 1350. The number of morpholine rings is 1. The molecule has 2 atom stereocenters. The molecule has 2 heterocycles. The van der Waals surface area contributed by atoms with Gasteiger partial charge in [0.15, 0.2) is 5.69 Å². The molecule has 9 heteroatoms. The van der Waals surface area contributed by atoms with Gasteiger partial charge >= 0.3 is 0 Å². The number of hydrogen-bond acceptors (Lipinski definition) is 6. The van der Waals surface area contributed by atoms with Crippen LogP contribution in [0.3, 0.4) is 0 Å². The number of amides is 1. The van der Waals surface area contributed by atoms with Crippen LogP contribution in [0.4, 0.5) is 0 Å². The van der Waals surface area contributed by atoms with Crippen LogP contribution in [0.5, 0.6) is 0 Å². The average molecular weight is 539 g/mol. The van der Waals surface area contributed by atoms with Gasteiger partial charge in [0, 0.05) is 38.2 Å². The first-order valence-corrected chi connectivity index (χ1v) is 13.8. The highest BCUT2D eigenvalue weighted by Crippen LogP contribution is 2.31. The van der Waals surface area contributed by atoms with Crippen LogP contribution in [0.2, 0.25) is 5.02 Å². The number of benzene rings is 2. The summed E-state index contributed by atoms with van der Waals surface area (Å²) in [7, 11) is 1.79. The molecule has 8 nitrogen and oxygen atoms in total. The first-order valence-electron chi connectivity index (χ1n) is 13.4. The molecule has 2 N–H and O–H groups in total. The second-order valence-corrected chi connectivity index (χ2v) is 10.9. The summed E-state index contributed by atoms with van der Waals surface area (Å²) in [6.45, 7) is 4.06. The minimum atomic E-state index is -0.503. The molecule has 1 saturated heterocycles. The summed E-state index contributed by atoms with van der Waals surface area (Å²) in [4.78, 5) is 29.0. The summed E-state index contributed by atoms with van der Waals surface area (Å²) >= 11 is 5.95. The quantitative estimate of drug-likeness (QED) is 0.456. The van der Waals surface area contributed by atoms with Crippen LogP contribution >= 0.6 is 11.6 Å². The summed E-state index contributed by atoms with van der Waals surface area (Å²) in [5.41, 5.74) is 3.22. The van der Waals surface area contributed by atoms with Crippen LogP contribution in [0, 0.1) is 5.92 Å². The van der Waals surface area contributed by atoms with Crippen LogP contribution in [0.1, 0.15) is 52.9 Å². The van der Waals surface area contributed by atoms with Gasteiger partial charge in [-0.05, 0) is 66.5 Å². The lowest BCUT2D eigenvalue weighted by atomic mass is 9.94. The second kappa shape index (κ2) is 11.9. The zero-order chi connectivity index (χ0) is 26.6. The molecule has 1 saturated carbocycles. The van der Waals surface area contributed by atoms with Gasteiger partial charge in [0.05, 0.1) is 30.2 Å². The number of aliphatic hydroxyl groups is 1. The van der Waals surface area contributed by atoms with Gasteiger partial charge in [-0.25, -0.2) is 0 Å². The van der Waals surface area contributed by atoms with Crippen molar-refractivity contribution in [3.8, 4) is 0 Å². The van der Waals surface area contributed by atoms with Gasteiger partial charge in [0.1, 0.15) is 0 Å². The number of nitrogens with one attached hydrogen (secondary N) is 1. The maximum atomic E-state index is 13.7. The molecule has 202 valence electrons. The Kier molecular flexibility index (Phi) is 8.43. The van der Waals surface area contributed by atoms with Gasteiger partial charge in [-0.2, -0.15) is 5.10 Å². The van der Waals surface area contributed by atoms with E-state index >= 15 is 0 Å². The average Bonchev–Trinajstić information content (AvgIpc) is 3.33. The molecule has 1 aromatic heterocycles. The smallest absolute Gasteiger partial charge is 0.276 e. The number of aryl methyl sites for hydroxylation is 2. The Labute approximate surface area is 227 Å². The molecule has 0 radical (unpaired) electrons. The fraction of sp³-hybridized carbons (Fsp3) is 0.483. The van der Waals surface area contributed by atoms with E-state index in [1.165, 1.54) is 0 Å². The van der Waals surface area contributed by atoms with Crippen molar-refractivity contribution < 1.29 is 14.6 Å². The number of carbonyl (C=O) groups excluding carboxylic acids is 1.